The van der Waals surface area contributed by atoms with E-state index in [4.69, 9.17) is 0 Å². The average molecular weight is 413 g/mol. The zero-order chi connectivity index (χ0) is 15.5. The van der Waals surface area contributed by atoms with Crippen LogP contribution in [0.1, 0.15) is 6.42 Å². The van der Waals surface area contributed by atoms with Gasteiger partial charge in [0, 0.05) is 38.4 Å². The molecule has 9 heteroatoms. The van der Waals surface area contributed by atoms with Gasteiger partial charge in [0.05, 0.1) is 3.79 Å². The van der Waals surface area contributed by atoms with Gasteiger partial charge in [0.1, 0.15) is 4.21 Å². The van der Waals surface area contributed by atoms with Crippen LogP contribution in [0.4, 0.5) is 0 Å². The van der Waals surface area contributed by atoms with Crippen LogP contribution in [-0.4, -0.2) is 61.7 Å². The maximum Gasteiger partial charge on any atom is 0.252 e. The Morgan fingerprint density at radius 3 is 2.52 bits per heavy atom. The van der Waals surface area contributed by atoms with Crippen LogP contribution in [0.25, 0.3) is 0 Å². The molecule has 1 fully saturated rings. The molecule has 0 atom stereocenters. The van der Waals surface area contributed by atoms with Gasteiger partial charge in [-0.1, -0.05) is 0 Å². The van der Waals surface area contributed by atoms with E-state index in [-0.39, 0.29) is 5.91 Å². The molecule has 1 saturated heterocycles. The molecule has 1 amide bonds. The fraction of sp³-hybridized carbons (Fsp3) is 0.583. The van der Waals surface area contributed by atoms with Crippen LogP contribution in [0.5, 0.6) is 0 Å². The monoisotopic (exact) mass is 412 g/mol. The molecule has 0 spiro atoms. The lowest BCUT2D eigenvalue weighted by molar-refractivity contribution is -0.131. The minimum absolute atomic E-state index is 0.111. The second-order valence-corrected chi connectivity index (χ2v) is 10.2. The van der Waals surface area contributed by atoms with Gasteiger partial charge in [0.25, 0.3) is 10.0 Å². The number of nitrogens with zero attached hydrogens (tertiary/aromatic N) is 2. The summed E-state index contributed by atoms with van der Waals surface area (Å²) < 4.78 is 27.5. The summed E-state index contributed by atoms with van der Waals surface area (Å²) in [7, 11) is -3.43. The molecule has 118 valence electrons. The predicted octanol–water partition coefficient (Wildman–Crippen LogP) is 2.10. The zero-order valence-electron chi connectivity index (χ0n) is 11.6. The Morgan fingerprint density at radius 1 is 1.33 bits per heavy atom. The van der Waals surface area contributed by atoms with E-state index in [2.05, 4.69) is 15.9 Å². The highest BCUT2D eigenvalue weighted by Crippen LogP contribution is 2.28. The first-order valence-electron chi connectivity index (χ1n) is 6.47. The van der Waals surface area contributed by atoms with E-state index in [0.29, 0.717) is 36.8 Å². The minimum atomic E-state index is -3.43. The van der Waals surface area contributed by atoms with E-state index < -0.39 is 10.0 Å². The number of carbonyl (C=O) groups excluding carboxylic acids is 1. The van der Waals surface area contributed by atoms with Crippen molar-refractivity contribution >= 4 is 55.0 Å². The first-order chi connectivity index (χ1) is 9.95. The molecule has 0 bridgehead atoms. The van der Waals surface area contributed by atoms with Gasteiger partial charge < -0.3 is 4.90 Å². The van der Waals surface area contributed by atoms with E-state index in [9.17, 15) is 13.2 Å². The Kier molecular flexibility index (Phi) is 6.13. The van der Waals surface area contributed by atoms with Crippen molar-refractivity contribution in [3.8, 4) is 0 Å². The molecule has 1 aliphatic heterocycles. The Labute approximate surface area is 141 Å². The third-order valence-electron chi connectivity index (χ3n) is 3.25. The standard InChI is InChI=1S/C12H17BrN2O3S3/c1-19-9-4-11(16)14-5-7-15(8-6-14)21(17,18)12-3-2-10(13)20-12/h2-3H,4-9H2,1H3. The number of thioether (sulfide) groups is 1. The first-order valence-corrected chi connectivity index (χ1v) is 10.9. The number of carbonyl (C=O) groups is 1. The summed E-state index contributed by atoms with van der Waals surface area (Å²) in [6.45, 7) is 1.67. The Morgan fingerprint density at radius 2 is 2.00 bits per heavy atom. The van der Waals surface area contributed by atoms with E-state index in [1.165, 1.54) is 15.6 Å². The van der Waals surface area contributed by atoms with Crippen molar-refractivity contribution in [2.75, 3.05) is 38.2 Å². The maximum absolute atomic E-state index is 12.5. The van der Waals surface area contributed by atoms with Crippen molar-refractivity contribution in [2.45, 2.75) is 10.6 Å². The highest BCUT2D eigenvalue weighted by Gasteiger charge is 2.30. The van der Waals surface area contributed by atoms with Crippen LogP contribution < -0.4 is 0 Å². The number of rotatable bonds is 5. The van der Waals surface area contributed by atoms with Gasteiger partial charge in [-0.2, -0.15) is 16.1 Å². The molecular formula is C12H17BrN2O3S3. The third-order valence-corrected chi connectivity index (χ3v) is 7.86. The van der Waals surface area contributed by atoms with Crippen LogP contribution in [0.15, 0.2) is 20.1 Å². The number of hydrogen-bond donors (Lipinski definition) is 0. The molecule has 1 aromatic heterocycles. The molecule has 5 nitrogen and oxygen atoms in total. The molecule has 0 aliphatic carbocycles. The molecule has 1 aliphatic rings. The number of piperazine rings is 1. The van der Waals surface area contributed by atoms with Crippen LogP contribution >= 0.6 is 39.0 Å². The fourth-order valence-electron chi connectivity index (χ4n) is 2.09. The van der Waals surface area contributed by atoms with E-state index >= 15 is 0 Å². The summed E-state index contributed by atoms with van der Waals surface area (Å²) in [6.07, 6.45) is 2.49. The molecule has 21 heavy (non-hydrogen) atoms. The smallest absolute Gasteiger partial charge is 0.252 e. The zero-order valence-corrected chi connectivity index (χ0v) is 15.7. The molecule has 0 N–H and O–H groups in total. The lowest BCUT2D eigenvalue weighted by Gasteiger charge is -2.33. The lowest BCUT2D eigenvalue weighted by atomic mass is 10.3. The highest BCUT2D eigenvalue weighted by atomic mass is 79.9. The molecule has 0 radical (unpaired) electrons. The van der Waals surface area contributed by atoms with Gasteiger partial charge in [-0.15, -0.1) is 11.3 Å². The van der Waals surface area contributed by atoms with Crippen molar-refractivity contribution in [1.29, 1.82) is 0 Å². The van der Waals surface area contributed by atoms with Crippen LogP contribution in [0, 0.1) is 0 Å². The van der Waals surface area contributed by atoms with Crippen LogP contribution in [0.3, 0.4) is 0 Å². The van der Waals surface area contributed by atoms with Gasteiger partial charge >= 0.3 is 0 Å². The topological polar surface area (TPSA) is 57.7 Å². The number of halogens is 1. The SMILES string of the molecule is CSCCC(=O)N1CCN(S(=O)(=O)c2ccc(Br)s2)CC1. The summed E-state index contributed by atoms with van der Waals surface area (Å²) in [5.41, 5.74) is 0. The molecule has 0 saturated carbocycles. The second-order valence-electron chi connectivity index (χ2n) is 4.59. The highest BCUT2D eigenvalue weighted by molar-refractivity contribution is 9.11. The molecule has 1 aromatic rings. The summed E-state index contributed by atoms with van der Waals surface area (Å²) in [4.78, 5) is 13.7. The Bertz CT molecular complexity index is 595. The first kappa shape index (κ1) is 17.3. The lowest BCUT2D eigenvalue weighted by Crippen LogP contribution is -2.50. The largest absolute Gasteiger partial charge is 0.340 e. The normalized spacial score (nSPS) is 17.1. The van der Waals surface area contributed by atoms with Crippen molar-refractivity contribution in [1.82, 2.24) is 9.21 Å². The number of amides is 1. The molecule has 0 unspecified atom stereocenters. The summed E-state index contributed by atoms with van der Waals surface area (Å²) in [5, 5.41) is 0. The minimum Gasteiger partial charge on any atom is -0.340 e. The maximum atomic E-state index is 12.5. The van der Waals surface area contributed by atoms with Crippen molar-refractivity contribution in [2.24, 2.45) is 0 Å². The quantitative estimate of drug-likeness (QED) is 0.742. The number of sulfonamides is 1. The van der Waals surface area contributed by atoms with Crippen molar-refractivity contribution < 1.29 is 13.2 Å². The summed E-state index contributed by atoms with van der Waals surface area (Å²) in [5.74, 6) is 0.917. The molecule has 2 heterocycles. The van der Waals surface area contributed by atoms with Gasteiger partial charge in [-0.3, -0.25) is 4.79 Å². The van der Waals surface area contributed by atoms with Crippen LogP contribution in [-0.2, 0) is 14.8 Å². The van der Waals surface area contributed by atoms with E-state index in [1.54, 1.807) is 28.8 Å². The Hall–Kier alpha value is -0.0900. The van der Waals surface area contributed by atoms with Gasteiger partial charge in [-0.05, 0) is 34.3 Å². The number of hydrogen-bond acceptors (Lipinski definition) is 5. The van der Waals surface area contributed by atoms with E-state index in [1.807, 2.05) is 6.26 Å². The molecular weight excluding hydrogens is 396 g/mol. The van der Waals surface area contributed by atoms with Gasteiger partial charge in [0.2, 0.25) is 5.91 Å². The summed E-state index contributed by atoms with van der Waals surface area (Å²) >= 11 is 6.13. The predicted molar refractivity (Wildman–Crippen MR) is 90.4 cm³/mol. The van der Waals surface area contributed by atoms with Gasteiger partial charge in [0.15, 0.2) is 0 Å². The third kappa shape index (κ3) is 4.22. The fourth-order valence-corrected chi connectivity index (χ4v) is 6.05. The number of thiophene rings is 1. The van der Waals surface area contributed by atoms with Gasteiger partial charge in [-0.25, -0.2) is 8.42 Å². The average Bonchev–Trinajstić information content (AvgIpc) is 2.92. The van der Waals surface area contributed by atoms with E-state index in [0.717, 1.165) is 9.54 Å². The molecule has 2 rings (SSSR count). The molecule has 0 aromatic carbocycles. The van der Waals surface area contributed by atoms with Crippen molar-refractivity contribution in [3.05, 3.63) is 15.9 Å². The van der Waals surface area contributed by atoms with Crippen molar-refractivity contribution in [3.63, 3.8) is 0 Å². The summed E-state index contributed by atoms with van der Waals surface area (Å²) in [6, 6.07) is 3.35. The Balaban J connectivity index is 1.96. The second kappa shape index (κ2) is 7.45. The van der Waals surface area contributed by atoms with Crippen LogP contribution in [0.2, 0.25) is 0 Å².